The number of aryl methyl sites for hydroxylation is 1. The lowest BCUT2D eigenvalue weighted by molar-refractivity contribution is -0.118. The normalized spacial score (nSPS) is 10.5. The van der Waals surface area contributed by atoms with Crippen LogP contribution in [0.1, 0.15) is 0 Å². The number of carbonyl (C=O) groups is 1. The summed E-state index contributed by atoms with van der Waals surface area (Å²) < 4.78 is 5.46. The summed E-state index contributed by atoms with van der Waals surface area (Å²) in [5.41, 5.74) is 0. The van der Waals surface area contributed by atoms with Crippen molar-refractivity contribution in [2.75, 3.05) is 11.9 Å². The molecule has 0 radical (unpaired) electrons. The highest BCUT2D eigenvalue weighted by molar-refractivity contribution is 5.90. The third-order valence-corrected chi connectivity index (χ3v) is 2.85. The summed E-state index contributed by atoms with van der Waals surface area (Å²) in [6.45, 7) is -0.114. The molecule has 0 atom stereocenters. The fourth-order valence-corrected chi connectivity index (χ4v) is 1.90. The number of hydrogen-bond acceptors (Lipinski definition) is 5. The van der Waals surface area contributed by atoms with E-state index < -0.39 is 0 Å². The summed E-state index contributed by atoms with van der Waals surface area (Å²) in [5.74, 6) is 0.455. The predicted molar refractivity (Wildman–Crippen MR) is 76.9 cm³/mol. The first-order valence-corrected chi connectivity index (χ1v) is 6.36. The van der Waals surface area contributed by atoms with Gasteiger partial charge in [-0.1, -0.05) is 35.4 Å². The molecule has 0 saturated carbocycles. The van der Waals surface area contributed by atoms with Gasteiger partial charge in [-0.2, -0.15) is 4.80 Å². The van der Waals surface area contributed by atoms with E-state index in [1.807, 2.05) is 42.5 Å². The van der Waals surface area contributed by atoms with Crippen LogP contribution in [0.4, 0.5) is 5.95 Å². The van der Waals surface area contributed by atoms with Gasteiger partial charge in [-0.3, -0.25) is 10.1 Å². The zero-order chi connectivity index (χ0) is 14.7. The van der Waals surface area contributed by atoms with Crippen LogP contribution < -0.4 is 10.1 Å². The highest BCUT2D eigenvalue weighted by Crippen LogP contribution is 2.20. The van der Waals surface area contributed by atoms with Gasteiger partial charge in [0, 0.05) is 0 Å². The first kappa shape index (κ1) is 13.0. The van der Waals surface area contributed by atoms with Crippen molar-refractivity contribution >= 4 is 22.6 Å². The van der Waals surface area contributed by atoms with Gasteiger partial charge in [0.05, 0.1) is 7.05 Å². The minimum absolute atomic E-state index is 0.114. The monoisotopic (exact) mass is 283 g/mol. The van der Waals surface area contributed by atoms with E-state index in [9.17, 15) is 4.79 Å². The molecule has 3 aromatic rings. The summed E-state index contributed by atoms with van der Waals surface area (Å²) in [5, 5.41) is 15.8. The highest BCUT2D eigenvalue weighted by Gasteiger charge is 2.07. The van der Waals surface area contributed by atoms with Crippen LogP contribution in [-0.2, 0) is 11.8 Å². The lowest BCUT2D eigenvalue weighted by Gasteiger charge is -2.06. The van der Waals surface area contributed by atoms with Crippen molar-refractivity contribution in [1.29, 1.82) is 0 Å². The van der Waals surface area contributed by atoms with Crippen LogP contribution in [0.15, 0.2) is 42.5 Å². The fourth-order valence-electron chi connectivity index (χ4n) is 1.90. The van der Waals surface area contributed by atoms with Gasteiger partial charge in [-0.25, -0.2) is 0 Å². The van der Waals surface area contributed by atoms with E-state index in [0.29, 0.717) is 5.75 Å². The van der Waals surface area contributed by atoms with Crippen LogP contribution in [0.2, 0.25) is 0 Å². The average molecular weight is 283 g/mol. The predicted octanol–water partition coefficient (Wildman–Crippen LogP) is 1.38. The quantitative estimate of drug-likeness (QED) is 0.782. The Labute approximate surface area is 120 Å². The van der Waals surface area contributed by atoms with E-state index in [-0.39, 0.29) is 18.5 Å². The Kier molecular flexibility index (Phi) is 3.46. The number of amides is 1. The second kappa shape index (κ2) is 5.58. The van der Waals surface area contributed by atoms with Crippen LogP contribution >= 0.6 is 0 Å². The number of hydrogen-bond donors (Lipinski definition) is 1. The molecule has 7 nitrogen and oxygen atoms in total. The molecule has 1 heterocycles. The zero-order valence-electron chi connectivity index (χ0n) is 11.4. The van der Waals surface area contributed by atoms with Gasteiger partial charge < -0.3 is 4.74 Å². The maximum absolute atomic E-state index is 11.7. The second-order valence-corrected chi connectivity index (χ2v) is 4.45. The van der Waals surface area contributed by atoms with Crippen molar-refractivity contribution in [3.63, 3.8) is 0 Å². The van der Waals surface area contributed by atoms with Gasteiger partial charge >= 0.3 is 0 Å². The number of fused-ring (bicyclic) bond motifs is 1. The van der Waals surface area contributed by atoms with Crippen LogP contribution in [0.25, 0.3) is 10.8 Å². The number of benzene rings is 2. The van der Waals surface area contributed by atoms with E-state index in [1.54, 1.807) is 7.05 Å². The van der Waals surface area contributed by atoms with Gasteiger partial charge in [0.1, 0.15) is 5.75 Å². The van der Waals surface area contributed by atoms with Crippen LogP contribution in [0, 0.1) is 0 Å². The summed E-state index contributed by atoms with van der Waals surface area (Å²) in [7, 11) is 1.62. The van der Waals surface area contributed by atoms with Crippen molar-refractivity contribution < 1.29 is 9.53 Å². The Balaban J connectivity index is 1.61. The first-order valence-electron chi connectivity index (χ1n) is 6.36. The molecule has 3 rings (SSSR count). The molecule has 106 valence electrons. The van der Waals surface area contributed by atoms with Gasteiger partial charge in [0.2, 0.25) is 0 Å². The number of carbonyl (C=O) groups excluding carboxylic acids is 1. The first-order chi connectivity index (χ1) is 10.2. The number of ether oxygens (including phenoxy) is 1. The minimum Gasteiger partial charge on any atom is -0.484 e. The average Bonchev–Trinajstić information content (AvgIpc) is 2.90. The molecule has 0 bridgehead atoms. The van der Waals surface area contributed by atoms with Gasteiger partial charge in [-0.05, 0) is 28.1 Å². The lowest BCUT2D eigenvalue weighted by atomic mass is 10.1. The molecule has 21 heavy (non-hydrogen) atoms. The topological polar surface area (TPSA) is 81.9 Å². The Morgan fingerprint density at radius 2 is 2.05 bits per heavy atom. The number of anilines is 1. The molecule has 2 aromatic carbocycles. The zero-order valence-corrected chi connectivity index (χ0v) is 11.4. The van der Waals surface area contributed by atoms with Crippen LogP contribution in [-0.4, -0.2) is 32.7 Å². The Morgan fingerprint density at radius 1 is 1.24 bits per heavy atom. The van der Waals surface area contributed by atoms with E-state index in [4.69, 9.17) is 4.74 Å². The van der Waals surface area contributed by atoms with Crippen molar-refractivity contribution in [1.82, 2.24) is 20.2 Å². The van der Waals surface area contributed by atoms with E-state index in [0.717, 1.165) is 10.8 Å². The summed E-state index contributed by atoms with van der Waals surface area (Å²) in [4.78, 5) is 13.0. The minimum atomic E-state index is -0.337. The van der Waals surface area contributed by atoms with Gasteiger partial charge in [0.25, 0.3) is 11.9 Å². The number of rotatable bonds is 4. The van der Waals surface area contributed by atoms with E-state index >= 15 is 0 Å². The lowest BCUT2D eigenvalue weighted by Crippen LogP contribution is -2.21. The number of nitrogens with one attached hydrogen (secondary N) is 1. The summed E-state index contributed by atoms with van der Waals surface area (Å²) in [6, 6.07) is 13.6. The molecular formula is C14H13N5O2. The molecule has 0 fully saturated rings. The Bertz CT molecular complexity index is 784. The molecule has 0 aliphatic carbocycles. The van der Waals surface area contributed by atoms with Crippen molar-refractivity contribution in [3.8, 4) is 5.75 Å². The summed E-state index contributed by atoms with van der Waals surface area (Å²) >= 11 is 0. The molecular weight excluding hydrogens is 270 g/mol. The van der Waals surface area contributed by atoms with Crippen LogP contribution in [0.3, 0.4) is 0 Å². The molecule has 0 spiro atoms. The number of nitrogens with zero attached hydrogens (tertiary/aromatic N) is 4. The molecule has 1 N–H and O–H groups in total. The second-order valence-electron chi connectivity index (χ2n) is 4.45. The van der Waals surface area contributed by atoms with Crippen molar-refractivity contribution in [3.05, 3.63) is 42.5 Å². The maximum atomic E-state index is 11.7. The molecule has 7 heteroatoms. The number of tetrazole rings is 1. The molecule has 1 aromatic heterocycles. The Morgan fingerprint density at radius 3 is 2.81 bits per heavy atom. The number of aromatic nitrogens is 4. The highest BCUT2D eigenvalue weighted by atomic mass is 16.5. The largest absolute Gasteiger partial charge is 0.484 e. The SMILES string of the molecule is Cn1nnc(NC(=O)COc2ccc3ccccc3c2)n1. The maximum Gasteiger partial charge on any atom is 0.270 e. The van der Waals surface area contributed by atoms with Crippen molar-refractivity contribution in [2.45, 2.75) is 0 Å². The van der Waals surface area contributed by atoms with Gasteiger partial charge in [-0.15, -0.1) is 5.10 Å². The summed E-state index contributed by atoms with van der Waals surface area (Å²) in [6.07, 6.45) is 0. The van der Waals surface area contributed by atoms with Gasteiger partial charge in [0.15, 0.2) is 6.61 Å². The van der Waals surface area contributed by atoms with E-state index in [2.05, 4.69) is 20.7 Å². The molecule has 0 aliphatic heterocycles. The Hall–Kier alpha value is -2.96. The molecule has 1 amide bonds. The molecule has 0 aliphatic rings. The standard InChI is InChI=1S/C14H13N5O2/c1-19-17-14(16-18-19)15-13(20)9-21-12-7-6-10-4-2-3-5-11(10)8-12/h2-8H,9H2,1H3,(H,15,17,20). The fraction of sp³-hybridized carbons (Fsp3) is 0.143. The van der Waals surface area contributed by atoms with E-state index in [1.165, 1.54) is 4.80 Å². The molecule has 0 unspecified atom stereocenters. The third-order valence-electron chi connectivity index (χ3n) is 2.85. The van der Waals surface area contributed by atoms with Crippen molar-refractivity contribution in [2.24, 2.45) is 7.05 Å². The third kappa shape index (κ3) is 3.14. The molecule has 0 saturated heterocycles. The smallest absolute Gasteiger partial charge is 0.270 e. The van der Waals surface area contributed by atoms with Crippen LogP contribution in [0.5, 0.6) is 5.75 Å².